The van der Waals surface area contributed by atoms with Crippen LogP contribution in [-0.4, -0.2) is 37.0 Å². The number of hydrogen-bond donors (Lipinski definition) is 0. The fraction of sp³-hybridized carbons (Fsp3) is 0.381. The Morgan fingerprint density at radius 3 is 2.48 bits per heavy atom. The zero-order valence-corrected chi connectivity index (χ0v) is 15.2. The van der Waals surface area contributed by atoms with Crippen LogP contribution < -0.4 is 4.90 Å². The molecule has 1 saturated heterocycles. The van der Waals surface area contributed by atoms with Gasteiger partial charge >= 0.3 is 0 Å². The molecule has 0 unspecified atom stereocenters. The summed E-state index contributed by atoms with van der Waals surface area (Å²) in [7, 11) is 0. The van der Waals surface area contributed by atoms with E-state index in [-0.39, 0.29) is 5.92 Å². The molecule has 1 aliphatic carbocycles. The Labute approximate surface area is 154 Å². The lowest BCUT2D eigenvalue weighted by Crippen LogP contribution is -2.49. The SMILES string of the molecule is Cc1ccc(Cl)cc1N1CCN(C(=O)[C@H]2C[C@H]2c2ccccc2)CC1. The fourth-order valence-electron chi connectivity index (χ4n) is 3.86. The van der Waals surface area contributed by atoms with Gasteiger partial charge in [0.05, 0.1) is 0 Å². The molecule has 2 aromatic carbocycles. The van der Waals surface area contributed by atoms with Crippen molar-refractivity contribution >= 4 is 23.2 Å². The van der Waals surface area contributed by atoms with Crippen LogP contribution >= 0.6 is 11.6 Å². The minimum atomic E-state index is 0.182. The van der Waals surface area contributed by atoms with Gasteiger partial charge in [-0.25, -0.2) is 0 Å². The monoisotopic (exact) mass is 354 g/mol. The smallest absolute Gasteiger partial charge is 0.226 e. The third kappa shape index (κ3) is 3.38. The lowest BCUT2D eigenvalue weighted by molar-refractivity contribution is -0.132. The number of benzene rings is 2. The summed E-state index contributed by atoms with van der Waals surface area (Å²) in [5, 5.41) is 0.766. The van der Waals surface area contributed by atoms with E-state index in [1.54, 1.807) is 0 Å². The van der Waals surface area contributed by atoms with Crippen molar-refractivity contribution in [3.05, 3.63) is 64.7 Å². The van der Waals surface area contributed by atoms with Crippen LogP contribution in [0.3, 0.4) is 0 Å². The van der Waals surface area contributed by atoms with E-state index in [9.17, 15) is 4.79 Å². The van der Waals surface area contributed by atoms with Crippen LogP contribution in [-0.2, 0) is 4.79 Å². The maximum absolute atomic E-state index is 12.8. The number of nitrogens with zero attached hydrogens (tertiary/aromatic N) is 2. The predicted octanol–water partition coefficient (Wildman–Crippen LogP) is 4.10. The summed E-state index contributed by atoms with van der Waals surface area (Å²) in [4.78, 5) is 17.2. The summed E-state index contributed by atoms with van der Waals surface area (Å²) < 4.78 is 0. The van der Waals surface area contributed by atoms with Gasteiger partial charge in [0.1, 0.15) is 0 Å². The molecule has 2 aliphatic rings. The Morgan fingerprint density at radius 2 is 1.76 bits per heavy atom. The largest absolute Gasteiger partial charge is 0.368 e. The highest BCUT2D eigenvalue weighted by atomic mass is 35.5. The molecule has 0 aromatic heterocycles. The Bertz CT molecular complexity index is 769. The molecule has 2 atom stereocenters. The number of aryl methyl sites for hydroxylation is 1. The Balaban J connectivity index is 1.36. The Kier molecular flexibility index (Phi) is 4.43. The first-order valence-electron chi connectivity index (χ1n) is 8.98. The van der Waals surface area contributed by atoms with Crippen molar-refractivity contribution in [1.29, 1.82) is 0 Å². The van der Waals surface area contributed by atoms with Crippen molar-refractivity contribution in [3.8, 4) is 0 Å². The third-order valence-corrected chi connectivity index (χ3v) is 5.67. The number of anilines is 1. The molecule has 2 aromatic rings. The van der Waals surface area contributed by atoms with E-state index >= 15 is 0 Å². The highest BCUT2D eigenvalue weighted by molar-refractivity contribution is 6.30. The zero-order chi connectivity index (χ0) is 17.4. The van der Waals surface area contributed by atoms with Gasteiger partial charge in [-0.15, -0.1) is 0 Å². The second kappa shape index (κ2) is 6.72. The van der Waals surface area contributed by atoms with Gasteiger partial charge in [0.2, 0.25) is 5.91 Å². The molecule has 2 fully saturated rings. The van der Waals surface area contributed by atoms with Crippen LogP contribution in [0.1, 0.15) is 23.5 Å². The van der Waals surface area contributed by atoms with E-state index in [0.29, 0.717) is 11.8 Å². The quantitative estimate of drug-likeness (QED) is 0.828. The average Bonchev–Trinajstić information content (AvgIpc) is 3.45. The molecule has 0 radical (unpaired) electrons. The molecule has 0 N–H and O–H groups in total. The number of hydrogen-bond acceptors (Lipinski definition) is 2. The lowest BCUT2D eigenvalue weighted by Gasteiger charge is -2.37. The van der Waals surface area contributed by atoms with Gasteiger partial charge in [-0.05, 0) is 42.5 Å². The number of piperazine rings is 1. The first kappa shape index (κ1) is 16.5. The van der Waals surface area contributed by atoms with Crippen LogP contribution in [0.2, 0.25) is 5.02 Å². The summed E-state index contributed by atoms with van der Waals surface area (Å²) in [6.45, 7) is 5.44. The number of carbonyl (C=O) groups is 1. The predicted molar refractivity (Wildman–Crippen MR) is 102 cm³/mol. The van der Waals surface area contributed by atoms with E-state index < -0.39 is 0 Å². The number of rotatable bonds is 3. The Hall–Kier alpha value is -2.00. The van der Waals surface area contributed by atoms with Gasteiger partial charge in [0.15, 0.2) is 0 Å². The zero-order valence-electron chi connectivity index (χ0n) is 14.5. The summed E-state index contributed by atoms with van der Waals surface area (Å²) in [5.74, 6) is 0.931. The van der Waals surface area contributed by atoms with Gasteiger partial charge in [-0.3, -0.25) is 4.79 Å². The summed E-state index contributed by atoms with van der Waals surface area (Å²) in [6, 6.07) is 16.4. The topological polar surface area (TPSA) is 23.6 Å². The molecule has 3 nitrogen and oxygen atoms in total. The molecule has 0 spiro atoms. The molecule has 1 aliphatic heterocycles. The van der Waals surface area contributed by atoms with E-state index in [0.717, 1.165) is 37.6 Å². The van der Waals surface area contributed by atoms with Crippen LogP contribution in [0.5, 0.6) is 0 Å². The van der Waals surface area contributed by atoms with Gasteiger partial charge < -0.3 is 9.80 Å². The summed E-state index contributed by atoms with van der Waals surface area (Å²) >= 11 is 6.15. The Morgan fingerprint density at radius 1 is 1.04 bits per heavy atom. The van der Waals surface area contributed by atoms with Crippen molar-refractivity contribution in [2.24, 2.45) is 5.92 Å². The minimum Gasteiger partial charge on any atom is -0.368 e. The number of carbonyl (C=O) groups excluding carboxylic acids is 1. The molecule has 4 rings (SSSR count). The van der Waals surface area contributed by atoms with Crippen molar-refractivity contribution < 1.29 is 4.79 Å². The summed E-state index contributed by atoms with van der Waals surface area (Å²) in [6.07, 6.45) is 0.996. The molecule has 1 amide bonds. The molecule has 1 saturated carbocycles. The maximum Gasteiger partial charge on any atom is 0.226 e. The molecule has 1 heterocycles. The van der Waals surface area contributed by atoms with E-state index in [2.05, 4.69) is 42.2 Å². The van der Waals surface area contributed by atoms with Gasteiger partial charge in [-0.1, -0.05) is 48.0 Å². The highest BCUT2D eigenvalue weighted by Gasteiger charge is 2.45. The average molecular weight is 355 g/mol. The van der Waals surface area contributed by atoms with Gasteiger partial charge in [-0.2, -0.15) is 0 Å². The van der Waals surface area contributed by atoms with Gasteiger partial charge in [0.25, 0.3) is 0 Å². The van der Waals surface area contributed by atoms with Gasteiger partial charge in [0, 0.05) is 42.8 Å². The molecule has 4 heteroatoms. The van der Waals surface area contributed by atoms with E-state index in [4.69, 9.17) is 11.6 Å². The highest BCUT2D eigenvalue weighted by Crippen LogP contribution is 2.48. The van der Waals surface area contributed by atoms with Crippen molar-refractivity contribution in [2.75, 3.05) is 31.1 Å². The normalized spacial score (nSPS) is 22.8. The standard InChI is InChI=1S/C21H23ClN2O/c1-15-7-8-17(22)13-20(15)23-9-11-24(12-10-23)21(25)19-14-18(19)16-5-3-2-4-6-16/h2-8,13,18-19H,9-12,14H2,1H3/t18-,19-/m0/s1. The van der Waals surface area contributed by atoms with Crippen LogP contribution in [0.25, 0.3) is 0 Å². The lowest BCUT2D eigenvalue weighted by atomic mass is 10.1. The van der Waals surface area contributed by atoms with E-state index in [1.807, 2.05) is 23.1 Å². The molecule has 25 heavy (non-hydrogen) atoms. The van der Waals surface area contributed by atoms with Crippen LogP contribution in [0.15, 0.2) is 48.5 Å². The van der Waals surface area contributed by atoms with E-state index in [1.165, 1.54) is 16.8 Å². The molecule has 0 bridgehead atoms. The van der Waals surface area contributed by atoms with Crippen LogP contribution in [0.4, 0.5) is 5.69 Å². The van der Waals surface area contributed by atoms with Crippen molar-refractivity contribution in [1.82, 2.24) is 4.90 Å². The van der Waals surface area contributed by atoms with Crippen molar-refractivity contribution in [2.45, 2.75) is 19.3 Å². The molecule has 130 valence electrons. The minimum absolute atomic E-state index is 0.182. The maximum atomic E-state index is 12.8. The number of amides is 1. The fourth-order valence-corrected chi connectivity index (χ4v) is 4.03. The molecular formula is C21H23ClN2O. The first-order chi connectivity index (χ1) is 12.1. The number of halogens is 1. The summed E-state index contributed by atoms with van der Waals surface area (Å²) in [5.41, 5.74) is 3.72. The van der Waals surface area contributed by atoms with Crippen LogP contribution in [0, 0.1) is 12.8 Å². The second-order valence-electron chi connectivity index (χ2n) is 7.10. The van der Waals surface area contributed by atoms with Crippen molar-refractivity contribution in [3.63, 3.8) is 0 Å². The second-order valence-corrected chi connectivity index (χ2v) is 7.54. The molecular weight excluding hydrogens is 332 g/mol. The third-order valence-electron chi connectivity index (χ3n) is 5.44. The first-order valence-corrected chi connectivity index (χ1v) is 9.36.